The van der Waals surface area contributed by atoms with Crippen LogP contribution in [0.4, 0.5) is 0 Å². The first-order valence-electron chi connectivity index (χ1n) is 5.43. The van der Waals surface area contributed by atoms with Gasteiger partial charge in [-0.2, -0.15) is 8.88 Å². The lowest BCUT2D eigenvalue weighted by Gasteiger charge is -2.61. The van der Waals surface area contributed by atoms with Gasteiger partial charge in [-0.3, -0.25) is 0 Å². The molecule has 1 saturated heterocycles. The Kier molecular flexibility index (Phi) is 4.39. The molecule has 1 aliphatic rings. The summed E-state index contributed by atoms with van der Waals surface area (Å²) < 4.78 is 16.0. The summed E-state index contributed by atoms with van der Waals surface area (Å²) in [6.45, 7) is 13.2. The molecular formula is C10H24N2O2P2. The number of hydrogen-bond acceptors (Lipinski definition) is 4. The van der Waals surface area contributed by atoms with E-state index >= 15 is 0 Å². The van der Waals surface area contributed by atoms with Crippen molar-refractivity contribution in [1.82, 2.24) is 8.88 Å². The van der Waals surface area contributed by atoms with Crippen molar-refractivity contribution >= 4 is 16.9 Å². The van der Waals surface area contributed by atoms with Crippen LogP contribution in [0.1, 0.15) is 41.5 Å². The first kappa shape index (κ1) is 14.8. The van der Waals surface area contributed by atoms with Crippen molar-refractivity contribution in [3.63, 3.8) is 0 Å². The Bertz CT molecular complexity index is 216. The normalized spacial score (nSPS) is 29.2. The summed E-state index contributed by atoms with van der Waals surface area (Å²) in [6, 6.07) is 0. The SMILES string of the molecule is COP1N(C(C)(C)C)P(OC)N1C(C)(C)C. The van der Waals surface area contributed by atoms with Gasteiger partial charge >= 0.3 is 0 Å². The van der Waals surface area contributed by atoms with E-state index in [0.29, 0.717) is 0 Å². The van der Waals surface area contributed by atoms with Crippen molar-refractivity contribution in [3.8, 4) is 0 Å². The van der Waals surface area contributed by atoms with E-state index in [-0.39, 0.29) is 11.1 Å². The maximum atomic E-state index is 5.65. The molecule has 0 aromatic rings. The Labute approximate surface area is 102 Å². The highest BCUT2D eigenvalue weighted by Gasteiger charge is 2.58. The maximum Gasteiger partial charge on any atom is 0.202 e. The van der Waals surface area contributed by atoms with Gasteiger partial charge in [-0.05, 0) is 41.5 Å². The zero-order valence-electron chi connectivity index (χ0n) is 11.6. The lowest BCUT2D eigenvalue weighted by Crippen LogP contribution is -2.53. The third-order valence-electron chi connectivity index (χ3n) is 2.17. The lowest BCUT2D eigenvalue weighted by atomic mass is 10.1. The first-order valence-corrected chi connectivity index (χ1v) is 7.76. The van der Waals surface area contributed by atoms with Crippen molar-refractivity contribution < 1.29 is 9.05 Å². The van der Waals surface area contributed by atoms with Crippen LogP contribution in [0.5, 0.6) is 0 Å². The Morgan fingerprint density at radius 2 is 0.938 bits per heavy atom. The molecule has 0 atom stereocenters. The van der Waals surface area contributed by atoms with Gasteiger partial charge in [-0.15, -0.1) is 0 Å². The fraction of sp³-hybridized carbons (Fsp3) is 1.00. The lowest BCUT2D eigenvalue weighted by molar-refractivity contribution is 0.193. The average molecular weight is 266 g/mol. The summed E-state index contributed by atoms with van der Waals surface area (Å²) >= 11 is 0. The van der Waals surface area contributed by atoms with Crippen LogP contribution in [0.3, 0.4) is 0 Å². The van der Waals surface area contributed by atoms with Gasteiger partial charge in [0, 0.05) is 25.3 Å². The summed E-state index contributed by atoms with van der Waals surface area (Å²) in [5.74, 6) is 0. The highest BCUT2D eigenvalue weighted by molar-refractivity contribution is 7.78. The van der Waals surface area contributed by atoms with E-state index in [1.165, 1.54) is 0 Å². The van der Waals surface area contributed by atoms with Crippen molar-refractivity contribution in [2.75, 3.05) is 14.2 Å². The van der Waals surface area contributed by atoms with E-state index in [2.05, 4.69) is 50.4 Å². The molecule has 0 aromatic heterocycles. The predicted octanol–water partition coefficient (Wildman–Crippen LogP) is 3.95. The van der Waals surface area contributed by atoms with Crippen LogP contribution in [0.25, 0.3) is 0 Å². The second-order valence-electron chi connectivity index (χ2n) is 5.79. The van der Waals surface area contributed by atoms with Gasteiger partial charge in [0.25, 0.3) is 0 Å². The molecule has 96 valence electrons. The topological polar surface area (TPSA) is 24.9 Å². The molecule has 1 rings (SSSR count). The van der Waals surface area contributed by atoms with Crippen LogP contribution in [0.2, 0.25) is 0 Å². The van der Waals surface area contributed by atoms with Crippen LogP contribution in [-0.4, -0.2) is 34.2 Å². The monoisotopic (exact) mass is 266 g/mol. The van der Waals surface area contributed by atoms with Crippen LogP contribution in [0, 0.1) is 0 Å². The Morgan fingerprint density at radius 1 is 0.688 bits per heavy atom. The molecule has 1 fully saturated rings. The highest BCUT2D eigenvalue weighted by Crippen LogP contribution is 2.81. The zero-order chi connectivity index (χ0) is 12.7. The average Bonchev–Trinajstić information content (AvgIpc) is 1.97. The van der Waals surface area contributed by atoms with Gasteiger partial charge in [0.05, 0.1) is 0 Å². The van der Waals surface area contributed by atoms with Crippen molar-refractivity contribution in [2.24, 2.45) is 0 Å². The fourth-order valence-electron chi connectivity index (χ4n) is 1.60. The van der Waals surface area contributed by atoms with E-state index in [1.807, 2.05) is 0 Å². The number of hydrogen-bond donors (Lipinski definition) is 0. The molecule has 0 spiro atoms. The van der Waals surface area contributed by atoms with Gasteiger partial charge in [0.15, 0.2) is 0 Å². The molecule has 0 amide bonds. The summed E-state index contributed by atoms with van der Waals surface area (Å²) in [4.78, 5) is 0. The smallest absolute Gasteiger partial charge is 0.202 e. The van der Waals surface area contributed by atoms with Gasteiger partial charge in [0.1, 0.15) is 0 Å². The highest BCUT2D eigenvalue weighted by atomic mass is 31.3. The molecule has 1 heterocycles. The minimum atomic E-state index is -0.673. The van der Waals surface area contributed by atoms with Gasteiger partial charge in [-0.1, -0.05) is 0 Å². The Morgan fingerprint density at radius 3 is 1.06 bits per heavy atom. The number of rotatable bonds is 2. The molecule has 16 heavy (non-hydrogen) atoms. The molecule has 1 aliphatic heterocycles. The van der Waals surface area contributed by atoms with Crippen LogP contribution >= 0.6 is 16.9 Å². The standard InChI is InChI=1S/C10H24N2O2P2/c1-9(2,3)11-15(13-7)12(10(4,5)6)16(11)14-8/h1-8H3. The molecule has 0 bridgehead atoms. The quantitative estimate of drug-likeness (QED) is 0.706. The van der Waals surface area contributed by atoms with E-state index in [0.717, 1.165) is 0 Å². The molecule has 0 unspecified atom stereocenters. The van der Waals surface area contributed by atoms with E-state index in [4.69, 9.17) is 9.05 Å². The minimum Gasteiger partial charge on any atom is -0.334 e. The van der Waals surface area contributed by atoms with E-state index in [9.17, 15) is 0 Å². The minimum absolute atomic E-state index is 0.0885. The maximum absolute atomic E-state index is 5.65. The van der Waals surface area contributed by atoms with Crippen LogP contribution < -0.4 is 0 Å². The zero-order valence-corrected chi connectivity index (χ0v) is 13.4. The predicted molar refractivity (Wildman–Crippen MR) is 71.0 cm³/mol. The second kappa shape index (κ2) is 4.76. The summed E-state index contributed by atoms with van der Waals surface area (Å²) in [7, 11) is 2.22. The van der Waals surface area contributed by atoms with Gasteiger partial charge in [-0.25, -0.2) is 0 Å². The molecule has 4 nitrogen and oxygen atoms in total. The molecule has 0 N–H and O–H groups in total. The summed E-state index contributed by atoms with van der Waals surface area (Å²) in [5.41, 5.74) is 0.177. The molecule has 0 aromatic carbocycles. The third kappa shape index (κ3) is 2.58. The Hall–Kier alpha value is 0.700. The van der Waals surface area contributed by atoms with Crippen molar-refractivity contribution in [1.29, 1.82) is 0 Å². The van der Waals surface area contributed by atoms with E-state index < -0.39 is 16.9 Å². The van der Waals surface area contributed by atoms with Crippen molar-refractivity contribution in [3.05, 3.63) is 0 Å². The van der Waals surface area contributed by atoms with Crippen LogP contribution in [0.15, 0.2) is 0 Å². The molecule has 0 radical (unpaired) electrons. The summed E-state index contributed by atoms with van der Waals surface area (Å²) in [5, 5.41) is 0. The molecule has 6 heteroatoms. The fourth-order valence-corrected chi connectivity index (χ4v) is 6.95. The first-order chi connectivity index (χ1) is 7.14. The molecule has 0 saturated carbocycles. The van der Waals surface area contributed by atoms with Gasteiger partial charge < -0.3 is 9.05 Å². The van der Waals surface area contributed by atoms with Crippen molar-refractivity contribution in [2.45, 2.75) is 52.6 Å². The third-order valence-corrected chi connectivity index (χ3v) is 8.36. The van der Waals surface area contributed by atoms with Gasteiger partial charge in [0.2, 0.25) is 16.9 Å². The van der Waals surface area contributed by atoms with E-state index in [1.54, 1.807) is 14.2 Å². The molecular weight excluding hydrogens is 242 g/mol. The summed E-state index contributed by atoms with van der Waals surface area (Å²) in [6.07, 6.45) is 0. The largest absolute Gasteiger partial charge is 0.334 e. The number of nitrogens with zero attached hydrogens (tertiary/aromatic N) is 2. The molecule has 0 aliphatic carbocycles. The Balaban J connectivity index is 2.92. The van der Waals surface area contributed by atoms with Crippen LogP contribution in [-0.2, 0) is 9.05 Å². The second-order valence-corrected chi connectivity index (χ2v) is 9.76.